The van der Waals surface area contributed by atoms with Crippen molar-refractivity contribution in [1.29, 1.82) is 0 Å². The van der Waals surface area contributed by atoms with Crippen molar-refractivity contribution in [3.05, 3.63) is 0 Å². The number of aliphatic hydroxyl groups excluding tert-OH is 1. The number of aliphatic hydroxyl groups is 1. The van der Waals surface area contributed by atoms with Gasteiger partial charge in [0.1, 0.15) is 0 Å². The largest absolute Gasteiger partial charge is 0.395 e. The molecule has 1 unspecified atom stereocenters. The predicted octanol–water partition coefficient (Wildman–Crippen LogP) is 2.41. The van der Waals surface area contributed by atoms with Gasteiger partial charge in [0.05, 0.1) is 6.61 Å². The Hall–Kier alpha value is -0.0800. The normalized spacial score (nSPS) is 31.6. The van der Waals surface area contributed by atoms with E-state index in [1.807, 2.05) is 0 Å². The zero-order valence-corrected chi connectivity index (χ0v) is 10.4. The lowest BCUT2D eigenvalue weighted by atomic mass is 9.61. The quantitative estimate of drug-likeness (QED) is 0.720. The van der Waals surface area contributed by atoms with Crippen LogP contribution in [0.1, 0.15) is 52.9 Å². The molecule has 1 aliphatic carbocycles. The first-order valence-electron chi connectivity index (χ1n) is 6.34. The monoisotopic (exact) mass is 211 g/mol. The minimum atomic E-state index is 0.207. The molecule has 15 heavy (non-hydrogen) atoms. The maximum Gasteiger partial charge on any atom is 0.0587 e. The van der Waals surface area contributed by atoms with E-state index in [1.54, 1.807) is 0 Å². The molecule has 1 heterocycles. The van der Waals surface area contributed by atoms with Gasteiger partial charge in [0.2, 0.25) is 0 Å². The first-order valence-corrected chi connectivity index (χ1v) is 6.34. The van der Waals surface area contributed by atoms with Crippen LogP contribution < -0.4 is 0 Å². The Bertz CT molecular complexity index is 227. The van der Waals surface area contributed by atoms with Gasteiger partial charge >= 0.3 is 0 Å². The molecule has 1 saturated carbocycles. The molecular weight excluding hydrogens is 186 g/mol. The summed E-state index contributed by atoms with van der Waals surface area (Å²) >= 11 is 0. The molecule has 1 atom stereocenters. The Balaban J connectivity index is 2.04. The Kier molecular flexibility index (Phi) is 2.85. The number of nitrogens with zero attached hydrogens (tertiary/aromatic N) is 1. The topological polar surface area (TPSA) is 23.5 Å². The van der Waals surface area contributed by atoms with E-state index in [-0.39, 0.29) is 5.54 Å². The molecule has 2 fully saturated rings. The van der Waals surface area contributed by atoms with Crippen LogP contribution in [0.3, 0.4) is 0 Å². The zero-order valence-electron chi connectivity index (χ0n) is 10.4. The van der Waals surface area contributed by atoms with Gasteiger partial charge in [-0.05, 0) is 58.4 Å². The molecule has 1 aliphatic heterocycles. The summed E-state index contributed by atoms with van der Waals surface area (Å²) in [6.07, 6.45) is 6.79. The van der Waals surface area contributed by atoms with Crippen molar-refractivity contribution in [3.8, 4) is 0 Å². The molecule has 0 bridgehead atoms. The van der Waals surface area contributed by atoms with Crippen molar-refractivity contribution < 1.29 is 5.11 Å². The van der Waals surface area contributed by atoms with Crippen LogP contribution in [-0.4, -0.2) is 34.7 Å². The first-order chi connectivity index (χ1) is 6.97. The fourth-order valence-electron chi connectivity index (χ4n) is 3.43. The predicted molar refractivity (Wildman–Crippen MR) is 62.9 cm³/mol. The molecule has 0 amide bonds. The van der Waals surface area contributed by atoms with Gasteiger partial charge in [0.15, 0.2) is 0 Å². The summed E-state index contributed by atoms with van der Waals surface area (Å²) in [5.41, 5.74) is 0.827. The highest BCUT2D eigenvalue weighted by molar-refractivity contribution is 4.98. The van der Waals surface area contributed by atoms with Crippen LogP contribution in [0.15, 0.2) is 0 Å². The third kappa shape index (κ3) is 2.07. The number of hydrogen-bond donors (Lipinski definition) is 1. The van der Waals surface area contributed by atoms with Crippen LogP contribution in [0, 0.1) is 5.41 Å². The van der Waals surface area contributed by atoms with E-state index >= 15 is 0 Å². The number of hydrogen-bond acceptors (Lipinski definition) is 2. The number of likely N-dealkylation sites (tertiary alicyclic amines) is 1. The molecule has 1 saturated heterocycles. The lowest BCUT2D eigenvalue weighted by molar-refractivity contribution is -0.0595. The van der Waals surface area contributed by atoms with E-state index in [4.69, 9.17) is 0 Å². The molecule has 0 radical (unpaired) electrons. The summed E-state index contributed by atoms with van der Waals surface area (Å²) in [5, 5.41) is 9.53. The van der Waals surface area contributed by atoms with Crippen LogP contribution in [-0.2, 0) is 0 Å². The van der Waals surface area contributed by atoms with Gasteiger partial charge in [0, 0.05) is 11.6 Å². The van der Waals surface area contributed by atoms with Gasteiger partial charge in [-0.2, -0.15) is 0 Å². The van der Waals surface area contributed by atoms with Crippen LogP contribution in [0.4, 0.5) is 0 Å². The van der Waals surface area contributed by atoms with E-state index in [9.17, 15) is 5.11 Å². The summed E-state index contributed by atoms with van der Waals surface area (Å²) < 4.78 is 0. The lowest BCUT2D eigenvalue weighted by Gasteiger charge is -2.54. The molecular formula is C13H25NO. The Labute approximate surface area is 93.7 Å². The Morgan fingerprint density at radius 1 is 1.27 bits per heavy atom. The lowest BCUT2D eigenvalue weighted by Crippen LogP contribution is -2.57. The molecule has 0 aromatic rings. The minimum absolute atomic E-state index is 0.207. The van der Waals surface area contributed by atoms with Gasteiger partial charge in [-0.1, -0.05) is 6.42 Å². The maximum absolute atomic E-state index is 9.53. The second-order valence-electron chi connectivity index (χ2n) is 6.51. The van der Waals surface area contributed by atoms with Gasteiger partial charge in [0.25, 0.3) is 0 Å². The van der Waals surface area contributed by atoms with Crippen molar-refractivity contribution in [2.75, 3.05) is 13.2 Å². The number of piperidine rings is 1. The van der Waals surface area contributed by atoms with Crippen molar-refractivity contribution in [1.82, 2.24) is 4.90 Å². The smallest absolute Gasteiger partial charge is 0.0587 e. The van der Waals surface area contributed by atoms with Crippen molar-refractivity contribution in [3.63, 3.8) is 0 Å². The average Bonchev–Trinajstić information content (AvgIpc) is 2.13. The fraction of sp³-hybridized carbons (Fsp3) is 1.00. The third-order valence-corrected chi connectivity index (χ3v) is 4.48. The summed E-state index contributed by atoms with van der Waals surface area (Å²) in [4.78, 5) is 2.50. The van der Waals surface area contributed by atoms with Crippen molar-refractivity contribution >= 4 is 0 Å². The molecule has 1 N–H and O–H groups in total. The Morgan fingerprint density at radius 3 is 2.33 bits per heavy atom. The summed E-state index contributed by atoms with van der Waals surface area (Å²) in [5.74, 6) is 0. The minimum Gasteiger partial charge on any atom is -0.395 e. The summed E-state index contributed by atoms with van der Waals surface area (Å²) in [6.45, 7) is 8.28. The van der Waals surface area contributed by atoms with E-state index in [0.29, 0.717) is 18.1 Å². The molecule has 1 spiro atoms. The van der Waals surface area contributed by atoms with Gasteiger partial charge in [-0.15, -0.1) is 0 Å². The SMILES string of the molecule is CC(C)(C)N1CCC2(CCC2)CC1CO. The molecule has 2 nitrogen and oxygen atoms in total. The van der Waals surface area contributed by atoms with Crippen molar-refractivity contribution in [2.24, 2.45) is 5.41 Å². The average molecular weight is 211 g/mol. The third-order valence-electron chi connectivity index (χ3n) is 4.48. The van der Waals surface area contributed by atoms with Gasteiger partial charge in [-0.25, -0.2) is 0 Å². The highest BCUT2D eigenvalue weighted by atomic mass is 16.3. The molecule has 2 rings (SSSR count). The second-order valence-corrected chi connectivity index (χ2v) is 6.51. The van der Waals surface area contributed by atoms with Gasteiger partial charge in [-0.3, -0.25) is 4.90 Å². The highest BCUT2D eigenvalue weighted by Crippen LogP contribution is 2.51. The first kappa shape index (κ1) is 11.4. The van der Waals surface area contributed by atoms with E-state index in [0.717, 1.165) is 0 Å². The molecule has 2 aliphatic rings. The molecule has 88 valence electrons. The summed E-state index contributed by atoms with van der Waals surface area (Å²) in [6, 6.07) is 0.402. The van der Waals surface area contributed by atoms with Crippen molar-refractivity contribution in [2.45, 2.75) is 64.5 Å². The Morgan fingerprint density at radius 2 is 1.93 bits per heavy atom. The van der Waals surface area contributed by atoms with Crippen LogP contribution in [0.5, 0.6) is 0 Å². The zero-order chi connectivity index (χ0) is 11.1. The van der Waals surface area contributed by atoms with Gasteiger partial charge < -0.3 is 5.11 Å². The van der Waals surface area contributed by atoms with Crippen LogP contribution >= 0.6 is 0 Å². The fourth-order valence-corrected chi connectivity index (χ4v) is 3.43. The molecule has 2 heteroatoms. The van der Waals surface area contributed by atoms with Crippen LogP contribution in [0.25, 0.3) is 0 Å². The molecule has 0 aromatic carbocycles. The standard InChI is InChI=1S/C13H25NO/c1-12(2,3)14-8-7-13(5-4-6-13)9-11(14)10-15/h11,15H,4-10H2,1-3H3. The number of rotatable bonds is 1. The maximum atomic E-state index is 9.53. The highest BCUT2D eigenvalue weighted by Gasteiger charge is 2.45. The second kappa shape index (κ2) is 3.74. The van der Waals surface area contributed by atoms with E-state index in [1.165, 1.54) is 38.6 Å². The van der Waals surface area contributed by atoms with E-state index in [2.05, 4.69) is 25.7 Å². The van der Waals surface area contributed by atoms with Crippen LogP contribution in [0.2, 0.25) is 0 Å². The molecule has 0 aromatic heterocycles. The van der Waals surface area contributed by atoms with E-state index < -0.39 is 0 Å². The summed E-state index contributed by atoms with van der Waals surface area (Å²) in [7, 11) is 0.